The van der Waals surface area contributed by atoms with E-state index in [1.54, 1.807) is 9.91 Å². The summed E-state index contributed by atoms with van der Waals surface area (Å²) in [4.78, 5) is 27.7. The average Bonchev–Trinajstić information content (AvgIpc) is 3.85. The van der Waals surface area contributed by atoms with Crippen LogP contribution >= 0.6 is 0 Å². The van der Waals surface area contributed by atoms with E-state index in [1.165, 1.54) is 0 Å². The molecule has 5 rings (SSSR count). The van der Waals surface area contributed by atoms with Gasteiger partial charge in [-0.25, -0.2) is 14.6 Å². The second-order valence-electron chi connectivity index (χ2n) is 14.1. The van der Waals surface area contributed by atoms with Gasteiger partial charge in [0.2, 0.25) is 0 Å². The van der Waals surface area contributed by atoms with Crippen LogP contribution in [-0.4, -0.2) is 72.7 Å². The Morgan fingerprint density at radius 3 is 2.55 bits per heavy atom. The van der Waals surface area contributed by atoms with Gasteiger partial charge in [0.25, 0.3) is 0 Å². The average molecular weight is 674 g/mol. The van der Waals surface area contributed by atoms with Crippen molar-refractivity contribution >= 4 is 24.4 Å². The van der Waals surface area contributed by atoms with E-state index >= 15 is 0 Å². The third-order valence-corrected chi connectivity index (χ3v) is 8.77. The maximum atomic E-state index is 13.8. The lowest BCUT2D eigenvalue weighted by Gasteiger charge is -2.35. The molecule has 3 amide bonds. The molecule has 2 N–H and O–H groups in total. The third-order valence-electron chi connectivity index (χ3n) is 8.77. The lowest BCUT2D eigenvalue weighted by Crippen LogP contribution is -2.46. The van der Waals surface area contributed by atoms with Crippen molar-refractivity contribution in [3.8, 4) is 5.75 Å². The molecule has 0 radical (unpaired) electrons. The molecule has 0 aromatic heterocycles. The summed E-state index contributed by atoms with van der Waals surface area (Å²) in [6.07, 6.45) is 6.25. The summed E-state index contributed by atoms with van der Waals surface area (Å²) in [5, 5.41) is 12.0. The Kier molecular flexibility index (Phi) is 12.0. The Balaban J connectivity index is 1.27. The molecule has 1 saturated carbocycles. The van der Waals surface area contributed by atoms with E-state index in [1.807, 2.05) is 89.2 Å². The lowest BCUT2D eigenvalue weighted by atomic mass is 9.98. The highest BCUT2D eigenvalue weighted by Crippen LogP contribution is 2.39. The fourth-order valence-corrected chi connectivity index (χ4v) is 6.44. The molecule has 0 bridgehead atoms. The predicted octanol–water partition coefficient (Wildman–Crippen LogP) is 6.97. The van der Waals surface area contributed by atoms with Crippen LogP contribution in [0, 0.1) is 5.92 Å². The predicted molar refractivity (Wildman–Crippen MR) is 190 cm³/mol. The van der Waals surface area contributed by atoms with Crippen molar-refractivity contribution in [3.05, 3.63) is 83.2 Å². The van der Waals surface area contributed by atoms with Crippen molar-refractivity contribution in [2.45, 2.75) is 90.9 Å². The maximum Gasteiger partial charge on any atom is 0.407 e. The number of hydrogen-bond donors (Lipinski definition) is 2. The lowest BCUT2D eigenvalue weighted by molar-refractivity contribution is -0.0460. The van der Waals surface area contributed by atoms with Crippen LogP contribution in [0.15, 0.2) is 71.6 Å². The minimum atomic E-state index is -0.551. The number of amides is 3. The number of hydrogen-bond acceptors (Lipinski definition) is 8. The number of hydrazone groups is 1. The molecule has 2 aliphatic heterocycles. The zero-order valence-electron chi connectivity index (χ0n) is 29.4. The van der Waals surface area contributed by atoms with Crippen LogP contribution < -0.4 is 15.4 Å². The summed E-state index contributed by atoms with van der Waals surface area (Å²) in [5.74, 6) is 1.58. The standard InChI is InChI=1S/C38H51N5O6/c1-26(2)40-37(45)49-30-17-15-27(23-30)16-18-33(43(39-6)38(3,4)5)41-36(44)42-20-19-29(24-42)31-13-10-14-32(34(31)35-46-21-22-47-35)48-25-28-11-8-7-9-12-28/h7-14,18-19,26-27,30,35H,6,15-17,20-25H2,1-5H3,(H,40,45)(H,41,44)/b33-18-. The quantitative estimate of drug-likeness (QED) is 0.185. The normalized spacial score (nSPS) is 19.9. The van der Waals surface area contributed by atoms with Crippen molar-refractivity contribution in [1.82, 2.24) is 20.5 Å². The van der Waals surface area contributed by atoms with Gasteiger partial charge < -0.3 is 29.2 Å². The number of carbonyl (C=O) groups is 2. The van der Waals surface area contributed by atoms with Crippen molar-refractivity contribution in [3.63, 3.8) is 0 Å². The van der Waals surface area contributed by atoms with E-state index in [-0.39, 0.29) is 24.3 Å². The largest absolute Gasteiger partial charge is 0.488 e. The molecule has 2 fully saturated rings. The molecule has 1 saturated heterocycles. The molecular weight excluding hydrogens is 622 g/mol. The Morgan fingerprint density at radius 1 is 1.10 bits per heavy atom. The first-order valence-electron chi connectivity index (χ1n) is 17.2. The van der Waals surface area contributed by atoms with Crippen LogP contribution in [0.2, 0.25) is 0 Å². The summed E-state index contributed by atoms with van der Waals surface area (Å²) in [7, 11) is 0. The summed E-state index contributed by atoms with van der Waals surface area (Å²) >= 11 is 0. The minimum Gasteiger partial charge on any atom is -0.488 e. The van der Waals surface area contributed by atoms with Gasteiger partial charge in [-0.05, 0) is 95.1 Å². The van der Waals surface area contributed by atoms with Crippen LogP contribution in [0.1, 0.15) is 83.3 Å². The molecule has 0 spiro atoms. The van der Waals surface area contributed by atoms with Gasteiger partial charge in [-0.3, -0.25) is 5.32 Å². The highest BCUT2D eigenvalue weighted by atomic mass is 16.7. The van der Waals surface area contributed by atoms with Crippen molar-refractivity contribution in [2.24, 2.45) is 11.0 Å². The summed E-state index contributed by atoms with van der Waals surface area (Å²) in [5.41, 5.74) is 3.40. The molecule has 3 aliphatic rings. The van der Waals surface area contributed by atoms with Crippen LogP contribution in [0.25, 0.3) is 5.57 Å². The first-order chi connectivity index (χ1) is 23.5. The highest BCUT2D eigenvalue weighted by molar-refractivity contribution is 5.83. The first-order valence-corrected chi connectivity index (χ1v) is 17.2. The van der Waals surface area contributed by atoms with Gasteiger partial charge in [0.15, 0.2) is 6.29 Å². The zero-order chi connectivity index (χ0) is 35.0. The van der Waals surface area contributed by atoms with Crippen molar-refractivity contribution < 1.29 is 28.5 Å². The van der Waals surface area contributed by atoms with E-state index in [9.17, 15) is 9.59 Å². The fourth-order valence-electron chi connectivity index (χ4n) is 6.44. The minimum absolute atomic E-state index is 0.0250. The molecule has 49 heavy (non-hydrogen) atoms. The molecule has 2 aromatic carbocycles. The number of alkyl carbamates (subject to hydrolysis) is 1. The van der Waals surface area contributed by atoms with Crippen LogP contribution in [-0.2, 0) is 20.8 Å². The highest BCUT2D eigenvalue weighted by Gasteiger charge is 2.32. The monoisotopic (exact) mass is 673 g/mol. The van der Waals surface area contributed by atoms with Gasteiger partial charge in [0, 0.05) is 25.8 Å². The topological polar surface area (TPSA) is 114 Å². The molecule has 2 heterocycles. The van der Waals surface area contributed by atoms with E-state index in [2.05, 4.69) is 28.5 Å². The Hall–Kier alpha value is -4.35. The van der Waals surface area contributed by atoms with Gasteiger partial charge in [-0.2, -0.15) is 5.10 Å². The molecule has 11 heteroatoms. The van der Waals surface area contributed by atoms with E-state index in [0.717, 1.165) is 41.5 Å². The Morgan fingerprint density at radius 2 is 1.86 bits per heavy atom. The third kappa shape index (κ3) is 9.64. The molecule has 264 valence electrons. The zero-order valence-corrected chi connectivity index (χ0v) is 29.4. The molecule has 1 aliphatic carbocycles. The molecular formula is C38H51N5O6. The van der Waals surface area contributed by atoms with Crippen molar-refractivity contribution in [1.29, 1.82) is 0 Å². The van der Waals surface area contributed by atoms with E-state index < -0.39 is 11.8 Å². The fraction of sp³-hybridized carbons (Fsp3) is 0.500. The number of ether oxygens (including phenoxy) is 4. The van der Waals surface area contributed by atoms with E-state index in [4.69, 9.17) is 18.9 Å². The number of allylic oxidation sites excluding steroid dienone is 1. The van der Waals surface area contributed by atoms with E-state index in [0.29, 0.717) is 56.8 Å². The smallest absolute Gasteiger partial charge is 0.407 e. The maximum absolute atomic E-state index is 13.8. The van der Waals surface area contributed by atoms with Gasteiger partial charge in [0.1, 0.15) is 24.3 Å². The van der Waals surface area contributed by atoms with Gasteiger partial charge >= 0.3 is 12.1 Å². The SMILES string of the molecule is C=NN(/C(=C\CC1CCC(OC(=O)NC(C)C)C1)NC(=O)N1CC=C(c2cccc(OCc3ccccc3)c2C2OCCO2)C1)C(C)(C)C. The van der Waals surface area contributed by atoms with Gasteiger partial charge in [-0.15, -0.1) is 0 Å². The first kappa shape index (κ1) is 35.9. The second-order valence-corrected chi connectivity index (χ2v) is 14.1. The second kappa shape index (κ2) is 16.4. The number of benzene rings is 2. The number of carbonyl (C=O) groups excluding carboxylic acids is 2. The Labute approximate surface area is 290 Å². The summed E-state index contributed by atoms with van der Waals surface area (Å²) in [6.45, 7) is 15.9. The number of rotatable bonds is 12. The van der Waals surface area contributed by atoms with Crippen LogP contribution in [0.5, 0.6) is 5.75 Å². The molecule has 2 atom stereocenters. The Bertz CT molecular complexity index is 1510. The summed E-state index contributed by atoms with van der Waals surface area (Å²) in [6, 6.07) is 15.7. The molecule has 2 unspecified atom stereocenters. The summed E-state index contributed by atoms with van der Waals surface area (Å²) < 4.78 is 23.9. The number of urea groups is 1. The molecule has 2 aromatic rings. The number of nitrogens with one attached hydrogen (secondary N) is 2. The van der Waals surface area contributed by atoms with Crippen molar-refractivity contribution in [2.75, 3.05) is 26.3 Å². The number of nitrogens with zero attached hydrogens (tertiary/aromatic N) is 3. The van der Waals surface area contributed by atoms with Crippen LogP contribution in [0.4, 0.5) is 9.59 Å². The van der Waals surface area contributed by atoms with Gasteiger partial charge in [-0.1, -0.05) is 48.5 Å². The van der Waals surface area contributed by atoms with Gasteiger partial charge in [0.05, 0.1) is 24.3 Å². The van der Waals surface area contributed by atoms with Crippen LogP contribution in [0.3, 0.4) is 0 Å². The molecule has 11 nitrogen and oxygen atoms in total.